The van der Waals surface area contributed by atoms with Crippen LogP contribution in [0.5, 0.6) is 5.75 Å². The molecule has 0 saturated carbocycles. The van der Waals surface area contributed by atoms with Crippen molar-refractivity contribution >= 4 is 0 Å². The molecular formula is C19H22O2. The lowest BCUT2D eigenvalue weighted by Gasteiger charge is -2.12. The minimum Gasteiger partial charge on any atom is -0.488 e. The predicted molar refractivity (Wildman–Crippen MR) is 85.0 cm³/mol. The van der Waals surface area contributed by atoms with E-state index in [-0.39, 0.29) is 6.10 Å². The average Bonchev–Trinajstić information content (AvgIpc) is 2.98. The third kappa shape index (κ3) is 3.64. The fourth-order valence-electron chi connectivity index (χ4n) is 2.69. The van der Waals surface area contributed by atoms with E-state index in [2.05, 4.69) is 56.3 Å². The molecule has 0 bridgehead atoms. The topological polar surface area (TPSA) is 18.5 Å². The van der Waals surface area contributed by atoms with Gasteiger partial charge in [-0.3, -0.25) is 0 Å². The summed E-state index contributed by atoms with van der Waals surface area (Å²) in [5.41, 5.74) is 5.38. The highest BCUT2D eigenvalue weighted by Crippen LogP contribution is 2.20. The van der Waals surface area contributed by atoms with Gasteiger partial charge >= 0.3 is 0 Å². The Bertz CT molecular complexity index is 595. The second-order valence-electron chi connectivity index (χ2n) is 5.85. The second kappa shape index (κ2) is 6.31. The van der Waals surface area contributed by atoms with Crippen LogP contribution in [0.3, 0.4) is 0 Å². The molecule has 0 radical (unpaired) electrons. The van der Waals surface area contributed by atoms with Crippen molar-refractivity contribution in [1.29, 1.82) is 0 Å². The summed E-state index contributed by atoms with van der Waals surface area (Å²) in [7, 11) is 0. The molecule has 0 aromatic heterocycles. The van der Waals surface area contributed by atoms with Gasteiger partial charge in [0, 0.05) is 6.42 Å². The lowest BCUT2D eigenvalue weighted by molar-refractivity contribution is 0.141. The Balaban J connectivity index is 1.67. The van der Waals surface area contributed by atoms with E-state index in [0.717, 1.165) is 25.2 Å². The minimum atomic E-state index is 0.217. The molecule has 0 spiro atoms. The molecule has 2 nitrogen and oxygen atoms in total. The van der Waals surface area contributed by atoms with E-state index in [1.165, 1.54) is 22.3 Å². The van der Waals surface area contributed by atoms with Gasteiger partial charge in [-0.2, -0.15) is 0 Å². The molecule has 21 heavy (non-hydrogen) atoms. The number of benzene rings is 2. The van der Waals surface area contributed by atoms with Gasteiger partial charge in [-0.15, -0.1) is 0 Å². The van der Waals surface area contributed by atoms with Crippen molar-refractivity contribution in [2.45, 2.75) is 32.8 Å². The Hall–Kier alpha value is -1.80. The zero-order valence-corrected chi connectivity index (χ0v) is 12.8. The van der Waals surface area contributed by atoms with Crippen LogP contribution >= 0.6 is 0 Å². The highest BCUT2D eigenvalue weighted by Gasteiger charge is 2.16. The molecule has 1 aliphatic rings. The van der Waals surface area contributed by atoms with Gasteiger partial charge in [0.05, 0.1) is 13.2 Å². The molecular weight excluding hydrogens is 260 g/mol. The fourth-order valence-corrected chi connectivity index (χ4v) is 2.69. The Morgan fingerprint density at radius 1 is 1.10 bits per heavy atom. The quantitative estimate of drug-likeness (QED) is 0.842. The smallest absolute Gasteiger partial charge is 0.124 e. The highest BCUT2D eigenvalue weighted by molar-refractivity contribution is 5.36. The van der Waals surface area contributed by atoms with Gasteiger partial charge in [-0.05, 0) is 49.1 Å². The largest absolute Gasteiger partial charge is 0.488 e. The van der Waals surface area contributed by atoms with Gasteiger partial charge in [0.1, 0.15) is 11.9 Å². The van der Waals surface area contributed by atoms with E-state index in [4.69, 9.17) is 9.47 Å². The summed E-state index contributed by atoms with van der Waals surface area (Å²) in [6.07, 6.45) is 2.18. The maximum absolute atomic E-state index is 5.90. The molecule has 0 amide bonds. The number of aryl methyl sites for hydroxylation is 2. The van der Waals surface area contributed by atoms with E-state index < -0.39 is 0 Å². The van der Waals surface area contributed by atoms with Gasteiger partial charge in [-0.25, -0.2) is 0 Å². The normalized spacial score (nSPS) is 17.9. The number of hydrogen-bond acceptors (Lipinski definition) is 2. The Morgan fingerprint density at radius 2 is 1.90 bits per heavy atom. The summed E-state index contributed by atoms with van der Waals surface area (Å²) in [5, 5.41) is 0. The summed E-state index contributed by atoms with van der Waals surface area (Å²) in [4.78, 5) is 0. The van der Waals surface area contributed by atoms with Crippen LogP contribution in [0.15, 0.2) is 42.5 Å². The Kier molecular flexibility index (Phi) is 4.26. The Labute approximate surface area is 126 Å². The molecule has 2 aromatic rings. The van der Waals surface area contributed by atoms with E-state index in [0.29, 0.717) is 6.61 Å². The van der Waals surface area contributed by atoms with Crippen molar-refractivity contribution in [3.63, 3.8) is 0 Å². The van der Waals surface area contributed by atoms with E-state index in [1.54, 1.807) is 0 Å². The van der Waals surface area contributed by atoms with Crippen LogP contribution in [0.1, 0.15) is 28.7 Å². The molecule has 1 fully saturated rings. The van der Waals surface area contributed by atoms with Gasteiger partial charge in [0.15, 0.2) is 0 Å². The van der Waals surface area contributed by atoms with Crippen molar-refractivity contribution in [3.05, 3.63) is 64.7 Å². The molecule has 0 aliphatic carbocycles. The molecule has 1 heterocycles. The minimum absolute atomic E-state index is 0.217. The van der Waals surface area contributed by atoms with Gasteiger partial charge < -0.3 is 9.47 Å². The summed E-state index contributed by atoms with van der Waals surface area (Å²) < 4.78 is 11.2. The number of ether oxygens (including phenoxy) is 2. The summed E-state index contributed by atoms with van der Waals surface area (Å²) in [5.74, 6) is 0.940. The lowest BCUT2D eigenvalue weighted by Crippen LogP contribution is -2.15. The molecule has 2 aromatic carbocycles. The first-order chi connectivity index (χ1) is 10.2. The first kappa shape index (κ1) is 14.2. The third-order valence-electron chi connectivity index (χ3n) is 4.01. The van der Waals surface area contributed by atoms with E-state index in [9.17, 15) is 0 Å². The van der Waals surface area contributed by atoms with Crippen LogP contribution in [0.25, 0.3) is 0 Å². The zero-order valence-electron chi connectivity index (χ0n) is 12.8. The van der Waals surface area contributed by atoms with Gasteiger partial charge in [0.25, 0.3) is 0 Å². The second-order valence-corrected chi connectivity index (χ2v) is 5.85. The van der Waals surface area contributed by atoms with Crippen molar-refractivity contribution in [1.82, 2.24) is 0 Å². The van der Waals surface area contributed by atoms with Crippen molar-refractivity contribution < 1.29 is 9.47 Å². The molecule has 0 N–H and O–H groups in total. The molecule has 2 heteroatoms. The van der Waals surface area contributed by atoms with Gasteiger partial charge in [-0.1, -0.05) is 35.9 Å². The number of hydrogen-bond donors (Lipinski definition) is 0. The van der Waals surface area contributed by atoms with Crippen molar-refractivity contribution in [2.24, 2.45) is 0 Å². The SMILES string of the molecule is Cc1ccc(C)c(Cc2ccc(O[C@H]3CCOC3)cc2)c1. The Morgan fingerprint density at radius 3 is 2.62 bits per heavy atom. The summed E-state index contributed by atoms with van der Waals surface area (Å²) in [6.45, 7) is 5.84. The standard InChI is InChI=1S/C19H22O2/c1-14-3-4-15(2)17(11-14)12-16-5-7-18(8-6-16)21-19-9-10-20-13-19/h3-8,11,19H,9-10,12-13H2,1-2H3/t19-/m0/s1. The predicted octanol–water partition coefficient (Wildman–Crippen LogP) is 4.06. The number of rotatable bonds is 4. The first-order valence-corrected chi connectivity index (χ1v) is 7.60. The van der Waals surface area contributed by atoms with Crippen LogP contribution in [0.2, 0.25) is 0 Å². The first-order valence-electron chi connectivity index (χ1n) is 7.60. The summed E-state index contributed by atoms with van der Waals surface area (Å²) in [6, 6.07) is 15.1. The summed E-state index contributed by atoms with van der Waals surface area (Å²) >= 11 is 0. The van der Waals surface area contributed by atoms with Crippen molar-refractivity contribution in [2.75, 3.05) is 13.2 Å². The highest BCUT2D eigenvalue weighted by atomic mass is 16.5. The van der Waals surface area contributed by atoms with Crippen LogP contribution in [0.4, 0.5) is 0 Å². The molecule has 110 valence electrons. The third-order valence-corrected chi connectivity index (χ3v) is 4.01. The van der Waals surface area contributed by atoms with Crippen LogP contribution < -0.4 is 4.74 Å². The van der Waals surface area contributed by atoms with Gasteiger partial charge in [0.2, 0.25) is 0 Å². The van der Waals surface area contributed by atoms with Crippen molar-refractivity contribution in [3.8, 4) is 5.75 Å². The molecule has 1 aliphatic heterocycles. The van der Waals surface area contributed by atoms with Crippen LogP contribution in [0, 0.1) is 13.8 Å². The van der Waals surface area contributed by atoms with E-state index in [1.807, 2.05) is 0 Å². The molecule has 0 unspecified atom stereocenters. The maximum Gasteiger partial charge on any atom is 0.124 e. The fraction of sp³-hybridized carbons (Fsp3) is 0.368. The average molecular weight is 282 g/mol. The van der Waals surface area contributed by atoms with Crippen LogP contribution in [-0.2, 0) is 11.2 Å². The maximum atomic E-state index is 5.90. The van der Waals surface area contributed by atoms with E-state index >= 15 is 0 Å². The molecule has 1 saturated heterocycles. The molecule has 1 atom stereocenters. The monoisotopic (exact) mass is 282 g/mol. The van der Waals surface area contributed by atoms with Crippen LogP contribution in [-0.4, -0.2) is 19.3 Å². The zero-order chi connectivity index (χ0) is 14.7. The molecule has 3 rings (SSSR count). The lowest BCUT2D eigenvalue weighted by atomic mass is 9.99.